The number of carbonyl (C=O) groups excluding carboxylic acids is 1. The molecule has 1 atom stereocenters. The molecular formula is C26H26N2O4. The second kappa shape index (κ2) is 10.2. The Morgan fingerprint density at radius 2 is 1.66 bits per heavy atom. The number of nitrogens with zero attached hydrogens (tertiary/aromatic N) is 2. The molecule has 0 radical (unpaired) electrons. The van der Waals surface area contributed by atoms with E-state index in [9.17, 15) is 4.79 Å². The summed E-state index contributed by atoms with van der Waals surface area (Å²) in [6, 6.07) is 15.8. The highest BCUT2D eigenvalue weighted by atomic mass is 16.6. The first-order valence-corrected chi connectivity index (χ1v) is 10.7. The summed E-state index contributed by atoms with van der Waals surface area (Å²) in [5, 5.41) is 0. The maximum absolute atomic E-state index is 11.9. The van der Waals surface area contributed by atoms with Gasteiger partial charge < -0.3 is 14.2 Å². The first-order valence-electron chi connectivity index (χ1n) is 10.7. The summed E-state index contributed by atoms with van der Waals surface area (Å²) in [6.45, 7) is 2.66. The first kappa shape index (κ1) is 21.7. The number of methoxy groups -OCH3 is 1. The standard InChI is InChI=1S/C26H26N2O4/c1-3-31-26(29)23(30-2)17-18-10-12-19(13-11-18)32-16-6-9-22-24-20(7-4-14-27-24)21-8-5-15-28-25(21)22/h4-5,7-15,23H,3,6,16-17H2,1-2H3. The van der Waals surface area contributed by atoms with Crippen LogP contribution in [0.25, 0.3) is 16.7 Å². The van der Waals surface area contributed by atoms with Crippen molar-refractivity contribution in [1.82, 2.24) is 9.97 Å². The molecule has 3 aromatic rings. The van der Waals surface area contributed by atoms with Crippen molar-refractivity contribution in [2.45, 2.75) is 25.9 Å². The highest BCUT2D eigenvalue weighted by Gasteiger charge is 2.25. The van der Waals surface area contributed by atoms with Gasteiger partial charge in [0.15, 0.2) is 6.10 Å². The summed E-state index contributed by atoms with van der Waals surface area (Å²) in [5.41, 5.74) is 6.22. The number of fused-ring (bicyclic) bond motifs is 3. The van der Waals surface area contributed by atoms with Crippen LogP contribution >= 0.6 is 0 Å². The Kier molecular flexibility index (Phi) is 6.92. The van der Waals surface area contributed by atoms with Crippen LogP contribution in [0.2, 0.25) is 0 Å². The fraction of sp³-hybridized carbons (Fsp3) is 0.269. The second-order valence-electron chi connectivity index (χ2n) is 7.38. The highest BCUT2D eigenvalue weighted by Crippen LogP contribution is 2.41. The van der Waals surface area contributed by atoms with Crippen LogP contribution in [-0.4, -0.2) is 42.4 Å². The zero-order chi connectivity index (χ0) is 22.3. The zero-order valence-corrected chi connectivity index (χ0v) is 18.3. The summed E-state index contributed by atoms with van der Waals surface area (Å²) in [5.74, 6) is 0.433. The second-order valence-corrected chi connectivity index (χ2v) is 7.38. The fourth-order valence-corrected chi connectivity index (χ4v) is 3.79. The minimum absolute atomic E-state index is 0.338. The first-order chi connectivity index (χ1) is 15.7. The number of carbonyl (C=O) groups is 1. The van der Waals surface area contributed by atoms with Crippen LogP contribution in [0.1, 0.15) is 30.3 Å². The van der Waals surface area contributed by atoms with Gasteiger partial charge in [-0.3, -0.25) is 9.97 Å². The quantitative estimate of drug-likeness (QED) is 0.288. The molecule has 1 aromatic carbocycles. The molecule has 0 saturated carbocycles. The van der Waals surface area contributed by atoms with E-state index in [0.717, 1.165) is 45.8 Å². The van der Waals surface area contributed by atoms with Crippen molar-refractivity contribution in [1.29, 1.82) is 0 Å². The van der Waals surface area contributed by atoms with Gasteiger partial charge in [-0.25, -0.2) is 4.79 Å². The maximum Gasteiger partial charge on any atom is 0.335 e. The highest BCUT2D eigenvalue weighted by molar-refractivity contribution is 5.98. The summed E-state index contributed by atoms with van der Waals surface area (Å²) in [4.78, 5) is 21.0. The van der Waals surface area contributed by atoms with Crippen molar-refractivity contribution in [3.63, 3.8) is 0 Å². The molecule has 2 aromatic heterocycles. The average molecular weight is 431 g/mol. The van der Waals surface area contributed by atoms with E-state index in [1.807, 2.05) is 48.8 Å². The topological polar surface area (TPSA) is 70.5 Å². The Morgan fingerprint density at radius 3 is 2.25 bits per heavy atom. The molecule has 32 heavy (non-hydrogen) atoms. The van der Waals surface area contributed by atoms with Crippen molar-refractivity contribution in [2.24, 2.45) is 0 Å². The molecule has 0 aliphatic heterocycles. The van der Waals surface area contributed by atoms with Gasteiger partial charge in [-0.05, 0) is 36.8 Å². The van der Waals surface area contributed by atoms with E-state index < -0.39 is 6.10 Å². The third kappa shape index (κ3) is 4.70. The molecular weight excluding hydrogens is 404 g/mol. The molecule has 0 spiro atoms. The number of hydrogen-bond donors (Lipinski definition) is 0. The smallest absolute Gasteiger partial charge is 0.335 e. The van der Waals surface area contributed by atoms with Crippen LogP contribution in [-0.2, 0) is 20.7 Å². The van der Waals surface area contributed by atoms with Crippen molar-refractivity contribution >= 4 is 11.5 Å². The minimum atomic E-state index is -0.604. The predicted molar refractivity (Wildman–Crippen MR) is 122 cm³/mol. The Hall–Kier alpha value is -3.51. The monoisotopic (exact) mass is 430 g/mol. The van der Waals surface area contributed by atoms with Crippen LogP contribution in [0.15, 0.2) is 67.0 Å². The number of aromatic nitrogens is 2. The molecule has 1 unspecified atom stereocenters. The lowest BCUT2D eigenvalue weighted by atomic mass is 10.1. The van der Waals surface area contributed by atoms with Crippen molar-refractivity contribution in [3.8, 4) is 16.9 Å². The molecule has 0 amide bonds. The fourth-order valence-electron chi connectivity index (χ4n) is 3.79. The molecule has 0 bridgehead atoms. The Labute approximate surface area is 187 Å². The number of rotatable bonds is 9. The molecule has 0 saturated heterocycles. The lowest BCUT2D eigenvalue weighted by Gasteiger charge is -2.14. The Morgan fingerprint density at radius 1 is 1.00 bits per heavy atom. The van der Waals surface area contributed by atoms with E-state index >= 15 is 0 Å². The van der Waals surface area contributed by atoms with Gasteiger partial charge in [0.2, 0.25) is 0 Å². The minimum Gasteiger partial charge on any atom is -0.493 e. The Balaban J connectivity index is 1.35. The normalized spacial score (nSPS) is 12.6. The summed E-state index contributed by atoms with van der Waals surface area (Å²) >= 11 is 0. The van der Waals surface area contributed by atoms with Crippen LogP contribution in [0.5, 0.6) is 5.75 Å². The zero-order valence-electron chi connectivity index (χ0n) is 18.3. The number of hydrogen-bond acceptors (Lipinski definition) is 6. The molecule has 0 fully saturated rings. The van der Waals surface area contributed by atoms with E-state index in [4.69, 9.17) is 14.2 Å². The molecule has 2 heterocycles. The van der Waals surface area contributed by atoms with E-state index in [-0.39, 0.29) is 5.97 Å². The third-order valence-corrected chi connectivity index (χ3v) is 5.33. The van der Waals surface area contributed by atoms with Crippen molar-refractivity contribution in [3.05, 3.63) is 84.0 Å². The lowest BCUT2D eigenvalue weighted by molar-refractivity contribution is -0.154. The summed E-state index contributed by atoms with van der Waals surface area (Å²) in [6.07, 6.45) is 6.35. The lowest BCUT2D eigenvalue weighted by Crippen LogP contribution is -2.27. The number of ether oxygens (including phenoxy) is 3. The maximum atomic E-state index is 11.9. The van der Waals surface area contributed by atoms with Gasteiger partial charge in [0.05, 0.1) is 24.6 Å². The molecule has 1 aliphatic rings. The molecule has 4 rings (SSSR count). The van der Waals surface area contributed by atoms with Gasteiger partial charge in [0, 0.05) is 49.0 Å². The molecule has 0 N–H and O–H groups in total. The van der Waals surface area contributed by atoms with Gasteiger partial charge in [0.1, 0.15) is 5.75 Å². The number of esters is 1. The third-order valence-electron chi connectivity index (χ3n) is 5.33. The van der Waals surface area contributed by atoms with E-state index in [0.29, 0.717) is 19.6 Å². The van der Waals surface area contributed by atoms with E-state index in [1.165, 1.54) is 7.11 Å². The van der Waals surface area contributed by atoms with Crippen molar-refractivity contribution in [2.75, 3.05) is 20.3 Å². The molecule has 1 aliphatic carbocycles. The number of benzene rings is 1. The van der Waals surface area contributed by atoms with Crippen molar-refractivity contribution < 1.29 is 19.0 Å². The van der Waals surface area contributed by atoms with Gasteiger partial charge >= 0.3 is 5.97 Å². The summed E-state index contributed by atoms with van der Waals surface area (Å²) in [7, 11) is 1.51. The largest absolute Gasteiger partial charge is 0.493 e. The summed E-state index contributed by atoms with van der Waals surface area (Å²) < 4.78 is 16.2. The van der Waals surface area contributed by atoms with Gasteiger partial charge in [-0.2, -0.15) is 0 Å². The van der Waals surface area contributed by atoms with E-state index in [2.05, 4.69) is 28.2 Å². The van der Waals surface area contributed by atoms with Crippen LogP contribution in [0.3, 0.4) is 0 Å². The average Bonchev–Trinajstić information content (AvgIpc) is 3.15. The molecule has 6 nitrogen and oxygen atoms in total. The molecule has 164 valence electrons. The van der Waals surface area contributed by atoms with Crippen LogP contribution in [0.4, 0.5) is 0 Å². The SMILES string of the molecule is CCOC(=O)C(Cc1ccc(OCCC=C2c3ncccc3-c3cccnc32)cc1)OC. The Bertz CT molecular complexity index is 1060. The van der Waals surface area contributed by atoms with Crippen LogP contribution < -0.4 is 4.74 Å². The van der Waals surface area contributed by atoms with Crippen LogP contribution in [0, 0.1) is 0 Å². The number of pyridine rings is 2. The predicted octanol–water partition coefficient (Wildman–Crippen LogP) is 4.48. The van der Waals surface area contributed by atoms with Gasteiger partial charge in [-0.1, -0.05) is 30.3 Å². The van der Waals surface area contributed by atoms with E-state index in [1.54, 1.807) is 6.92 Å². The van der Waals surface area contributed by atoms with Gasteiger partial charge in [-0.15, -0.1) is 0 Å². The molecule has 6 heteroatoms. The van der Waals surface area contributed by atoms with Gasteiger partial charge in [0.25, 0.3) is 0 Å².